The van der Waals surface area contributed by atoms with Crippen molar-refractivity contribution in [2.45, 2.75) is 106 Å². The van der Waals surface area contributed by atoms with Crippen LogP contribution in [0.2, 0.25) is 0 Å². The van der Waals surface area contributed by atoms with Crippen molar-refractivity contribution >= 4 is 58.5 Å². The number of carbonyl (C=O) groups excluding carboxylic acids is 6. The van der Waals surface area contributed by atoms with E-state index in [9.17, 15) is 28.8 Å². The minimum absolute atomic E-state index is 0.0427. The van der Waals surface area contributed by atoms with Gasteiger partial charge in [0.05, 0.1) is 24.5 Å². The molecule has 1 fully saturated rings. The standard InChI is InChI=1S/C45H61N9O6/c1-26(2)19-31(41(58)51(9)10)21-37(56)45(7,8)22-36(55)34-13-12-18-53(34)42(59)38(27(3)4)49-40(57)30-16-14-28(5)35(20-30)54-25-32-23-47-43(50-39(32)52(11)44(54)60)48-33-17-15-29(6)46-24-33/h14-17,20,23-24,26-27,31,34,38H,12-13,18-19,21-22,25H2,1-11H3,(H,49,57)(H,47,48,50)/t31-,34+,38+/m1/s1. The van der Waals surface area contributed by atoms with Gasteiger partial charge in [0.2, 0.25) is 17.8 Å². The van der Waals surface area contributed by atoms with E-state index < -0.39 is 29.3 Å². The van der Waals surface area contributed by atoms with E-state index in [1.54, 1.807) is 75.4 Å². The van der Waals surface area contributed by atoms with Crippen molar-refractivity contribution < 1.29 is 28.8 Å². The molecule has 1 aromatic carbocycles. The lowest BCUT2D eigenvalue weighted by Gasteiger charge is -2.35. The van der Waals surface area contributed by atoms with Gasteiger partial charge in [0.1, 0.15) is 17.6 Å². The number of hydrogen-bond acceptors (Lipinski definition) is 10. The van der Waals surface area contributed by atoms with Crippen molar-refractivity contribution in [3.63, 3.8) is 0 Å². The van der Waals surface area contributed by atoms with E-state index in [4.69, 9.17) is 0 Å². The van der Waals surface area contributed by atoms with E-state index in [1.807, 2.05) is 53.7 Å². The zero-order chi connectivity index (χ0) is 44.2. The third-order valence-corrected chi connectivity index (χ3v) is 11.4. The average Bonchev–Trinajstić information content (AvgIpc) is 3.69. The second-order valence-electron chi connectivity index (χ2n) is 17.9. The number of carbonyl (C=O) groups is 6. The first-order valence-corrected chi connectivity index (χ1v) is 20.8. The summed E-state index contributed by atoms with van der Waals surface area (Å²) in [6.45, 7) is 15.4. The Labute approximate surface area is 353 Å². The number of anilines is 4. The molecule has 3 aromatic rings. The van der Waals surface area contributed by atoms with Gasteiger partial charge in [-0.25, -0.2) is 9.78 Å². The molecule has 5 rings (SSSR count). The lowest BCUT2D eigenvalue weighted by Crippen LogP contribution is -2.54. The molecule has 0 saturated carbocycles. The molecule has 0 aliphatic carbocycles. The molecule has 2 N–H and O–H groups in total. The molecule has 322 valence electrons. The quantitative estimate of drug-likeness (QED) is 0.168. The highest BCUT2D eigenvalue weighted by Gasteiger charge is 2.42. The molecule has 0 radical (unpaired) electrons. The molecule has 0 bridgehead atoms. The summed E-state index contributed by atoms with van der Waals surface area (Å²) in [5, 5.41) is 6.06. The number of rotatable bonds is 16. The molecule has 15 nitrogen and oxygen atoms in total. The van der Waals surface area contributed by atoms with Crippen molar-refractivity contribution in [2.24, 2.45) is 23.2 Å². The Morgan fingerprint density at radius 2 is 1.70 bits per heavy atom. The van der Waals surface area contributed by atoms with Crippen molar-refractivity contribution in [3.8, 4) is 0 Å². The van der Waals surface area contributed by atoms with Crippen LogP contribution in [0.1, 0.15) is 101 Å². The van der Waals surface area contributed by atoms with Crippen LogP contribution in [0.3, 0.4) is 0 Å². The van der Waals surface area contributed by atoms with Gasteiger partial charge < -0.3 is 20.4 Å². The smallest absolute Gasteiger partial charge is 0.330 e. The van der Waals surface area contributed by atoms with Crippen LogP contribution in [0.25, 0.3) is 0 Å². The lowest BCUT2D eigenvalue weighted by atomic mass is 9.76. The van der Waals surface area contributed by atoms with Crippen LogP contribution in [0.15, 0.2) is 42.7 Å². The largest absolute Gasteiger partial charge is 0.349 e. The van der Waals surface area contributed by atoms with E-state index >= 15 is 0 Å². The van der Waals surface area contributed by atoms with Gasteiger partial charge in [-0.3, -0.25) is 38.8 Å². The van der Waals surface area contributed by atoms with Crippen molar-refractivity contribution in [2.75, 3.05) is 42.8 Å². The minimum Gasteiger partial charge on any atom is -0.349 e. The summed E-state index contributed by atoms with van der Waals surface area (Å²) < 4.78 is 0. The van der Waals surface area contributed by atoms with Crippen LogP contribution in [-0.2, 0) is 25.7 Å². The van der Waals surface area contributed by atoms with Gasteiger partial charge in [0.15, 0.2) is 5.78 Å². The molecule has 2 aliphatic heterocycles. The second-order valence-corrected chi connectivity index (χ2v) is 17.9. The molecule has 5 amide bonds. The molecule has 3 atom stereocenters. The predicted octanol–water partition coefficient (Wildman–Crippen LogP) is 6.25. The monoisotopic (exact) mass is 823 g/mol. The van der Waals surface area contributed by atoms with Gasteiger partial charge in [0.25, 0.3) is 5.91 Å². The Balaban J connectivity index is 1.28. The summed E-state index contributed by atoms with van der Waals surface area (Å²) in [4.78, 5) is 102. The number of likely N-dealkylation sites (tertiary alicyclic amines) is 1. The molecule has 4 heterocycles. The van der Waals surface area contributed by atoms with Crippen LogP contribution in [0.5, 0.6) is 0 Å². The summed E-state index contributed by atoms with van der Waals surface area (Å²) in [6.07, 6.45) is 4.95. The molecular formula is C45H61N9O6. The Morgan fingerprint density at radius 3 is 2.33 bits per heavy atom. The topological polar surface area (TPSA) is 178 Å². The molecule has 2 aliphatic rings. The molecule has 0 spiro atoms. The van der Waals surface area contributed by atoms with Crippen LogP contribution >= 0.6 is 0 Å². The SMILES string of the molecule is Cc1ccc(Nc2ncc3c(n2)N(C)C(=O)N(c2cc(C(=O)N[C@H](C(=O)N4CCC[C@H]4C(=O)CC(C)(C)C(=O)C[C@@H](CC(C)C)C(=O)N(C)C)C(C)C)ccc2C)C3)cn1. The number of benzene rings is 1. The highest BCUT2D eigenvalue weighted by molar-refractivity contribution is 6.07. The third kappa shape index (κ3) is 10.3. The van der Waals surface area contributed by atoms with Crippen LogP contribution in [-0.4, -0.2) is 99.8 Å². The van der Waals surface area contributed by atoms with E-state index in [2.05, 4.69) is 25.6 Å². The van der Waals surface area contributed by atoms with Gasteiger partial charge in [-0.05, 0) is 74.8 Å². The molecule has 60 heavy (non-hydrogen) atoms. The third-order valence-electron chi connectivity index (χ3n) is 11.4. The van der Waals surface area contributed by atoms with E-state index in [-0.39, 0.29) is 66.2 Å². The number of ketones is 2. The fourth-order valence-electron chi connectivity index (χ4n) is 7.91. The average molecular weight is 824 g/mol. The van der Waals surface area contributed by atoms with Crippen LogP contribution < -0.4 is 20.4 Å². The van der Waals surface area contributed by atoms with Crippen molar-refractivity contribution in [3.05, 3.63) is 65.1 Å². The van der Waals surface area contributed by atoms with Crippen molar-refractivity contribution in [1.82, 2.24) is 30.1 Å². The number of amides is 5. The number of pyridine rings is 1. The van der Waals surface area contributed by atoms with Gasteiger partial charge in [-0.15, -0.1) is 0 Å². The van der Waals surface area contributed by atoms with E-state index in [0.717, 1.165) is 11.3 Å². The number of fused-ring (bicyclic) bond motifs is 1. The Morgan fingerprint density at radius 1 is 0.983 bits per heavy atom. The first kappa shape index (κ1) is 45.4. The maximum Gasteiger partial charge on any atom is 0.330 e. The van der Waals surface area contributed by atoms with Crippen LogP contribution in [0, 0.1) is 37.0 Å². The van der Waals surface area contributed by atoms with Gasteiger partial charge >= 0.3 is 6.03 Å². The second kappa shape index (κ2) is 18.7. The number of urea groups is 1. The molecule has 0 unspecified atom stereocenters. The maximum absolute atomic E-state index is 14.2. The summed E-state index contributed by atoms with van der Waals surface area (Å²) in [6, 6.07) is 6.78. The molecule has 2 aromatic heterocycles. The fourth-order valence-corrected chi connectivity index (χ4v) is 7.91. The maximum atomic E-state index is 14.2. The number of nitrogens with zero attached hydrogens (tertiary/aromatic N) is 7. The van der Waals surface area contributed by atoms with Crippen molar-refractivity contribution in [1.29, 1.82) is 0 Å². The first-order chi connectivity index (χ1) is 28.2. The van der Waals surface area contributed by atoms with Gasteiger partial charge in [0, 0.05) is 80.6 Å². The Hall–Kier alpha value is -5.73. The normalized spacial score (nSPS) is 16.4. The summed E-state index contributed by atoms with van der Waals surface area (Å²) in [7, 11) is 4.99. The zero-order valence-electron chi connectivity index (χ0n) is 37.0. The summed E-state index contributed by atoms with van der Waals surface area (Å²) in [5.74, 6) is -1.14. The van der Waals surface area contributed by atoms with E-state index in [0.29, 0.717) is 54.5 Å². The number of hydrogen-bond donors (Lipinski definition) is 2. The Bertz CT molecular complexity index is 2120. The minimum atomic E-state index is -1.04. The number of aromatic nitrogens is 3. The number of nitrogens with one attached hydrogen (secondary N) is 2. The number of aryl methyl sites for hydroxylation is 2. The number of Topliss-reactive ketones (excluding diaryl/α,β-unsaturated/α-hetero) is 2. The molecular weight excluding hydrogens is 763 g/mol. The first-order valence-electron chi connectivity index (χ1n) is 20.8. The lowest BCUT2D eigenvalue weighted by molar-refractivity contribution is -0.142. The zero-order valence-corrected chi connectivity index (χ0v) is 37.0. The summed E-state index contributed by atoms with van der Waals surface area (Å²) in [5.41, 5.74) is 2.80. The fraction of sp³-hybridized carbons (Fsp3) is 0.533. The van der Waals surface area contributed by atoms with Gasteiger partial charge in [-0.1, -0.05) is 47.6 Å². The highest BCUT2D eigenvalue weighted by Crippen LogP contribution is 2.34. The summed E-state index contributed by atoms with van der Waals surface area (Å²) >= 11 is 0. The van der Waals surface area contributed by atoms with E-state index in [1.165, 1.54) is 9.80 Å². The predicted molar refractivity (Wildman–Crippen MR) is 231 cm³/mol. The van der Waals surface area contributed by atoms with Gasteiger partial charge in [-0.2, -0.15) is 4.98 Å². The molecule has 1 saturated heterocycles. The molecule has 15 heteroatoms. The van der Waals surface area contributed by atoms with Crippen LogP contribution in [0.4, 0.5) is 27.9 Å². The Kier molecular flexibility index (Phi) is 14.1. The highest BCUT2D eigenvalue weighted by atomic mass is 16.2.